The number of nitrogens with one attached hydrogen (secondary N) is 2. The Balaban J connectivity index is 2.13. The minimum absolute atomic E-state index is 0.515. The molecular formula is C9H18N2. The zero-order valence-electron chi connectivity index (χ0n) is 7.48. The fraction of sp³-hybridized carbons (Fsp3) is 1.00. The van der Waals surface area contributed by atoms with E-state index >= 15 is 0 Å². The fourth-order valence-electron chi connectivity index (χ4n) is 2.43. The zero-order valence-corrected chi connectivity index (χ0v) is 7.48. The van der Waals surface area contributed by atoms with Gasteiger partial charge in [-0.1, -0.05) is 6.92 Å². The molecule has 2 heterocycles. The standard InChI is InChI=1S/C9H18N2/c1-7-9(2)3-8(5-11-7)4-10-6-9/h7-8,10-11H,3-6H2,1-2H3. The first-order chi connectivity index (χ1) is 5.21. The molecule has 11 heavy (non-hydrogen) atoms. The third-order valence-corrected chi connectivity index (χ3v) is 3.47. The second kappa shape index (κ2) is 2.46. The maximum Gasteiger partial charge on any atom is 0.0105 e. The molecule has 0 radical (unpaired) electrons. The van der Waals surface area contributed by atoms with Crippen LogP contribution < -0.4 is 10.6 Å². The van der Waals surface area contributed by atoms with Crippen LogP contribution in [0.5, 0.6) is 0 Å². The second-order valence-corrected chi connectivity index (χ2v) is 4.49. The van der Waals surface area contributed by atoms with Gasteiger partial charge in [0.1, 0.15) is 0 Å². The third-order valence-electron chi connectivity index (χ3n) is 3.47. The van der Waals surface area contributed by atoms with Crippen molar-refractivity contribution < 1.29 is 0 Å². The first kappa shape index (κ1) is 7.56. The van der Waals surface area contributed by atoms with Crippen LogP contribution in [0.4, 0.5) is 0 Å². The van der Waals surface area contributed by atoms with Gasteiger partial charge in [-0.25, -0.2) is 0 Å². The van der Waals surface area contributed by atoms with E-state index in [9.17, 15) is 0 Å². The highest BCUT2D eigenvalue weighted by Gasteiger charge is 2.40. The van der Waals surface area contributed by atoms with Crippen LogP contribution in [-0.4, -0.2) is 25.7 Å². The summed E-state index contributed by atoms with van der Waals surface area (Å²) in [5.41, 5.74) is 0.515. The first-order valence-corrected chi connectivity index (χ1v) is 4.65. The maximum atomic E-state index is 3.58. The van der Waals surface area contributed by atoms with E-state index in [1.807, 2.05) is 0 Å². The Hall–Kier alpha value is -0.0800. The highest BCUT2D eigenvalue weighted by atomic mass is 15.0. The van der Waals surface area contributed by atoms with E-state index in [-0.39, 0.29) is 0 Å². The molecule has 0 spiro atoms. The molecule has 0 aromatic rings. The van der Waals surface area contributed by atoms with Crippen molar-refractivity contribution in [3.8, 4) is 0 Å². The van der Waals surface area contributed by atoms with E-state index < -0.39 is 0 Å². The normalized spacial score (nSPS) is 50.7. The van der Waals surface area contributed by atoms with Crippen LogP contribution in [0, 0.1) is 11.3 Å². The molecule has 0 saturated carbocycles. The van der Waals surface area contributed by atoms with Gasteiger partial charge in [0.2, 0.25) is 0 Å². The SMILES string of the molecule is CC1NCC2CNCC1(C)C2. The summed E-state index contributed by atoms with van der Waals surface area (Å²) >= 11 is 0. The Morgan fingerprint density at radius 3 is 2.91 bits per heavy atom. The molecule has 2 aliphatic rings. The molecule has 0 aromatic carbocycles. The van der Waals surface area contributed by atoms with Crippen molar-refractivity contribution in [2.45, 2.75) is 26.3 Å². The second-order valence-electron chi connectivity index (χ2n) is 4.49. The van der Waals surface area contributed by atoms with Gasteiger partial charge in [0.05, 0.1) is 0 Å². The van der Waals surface area contributed by atoms with E-state index in [0.717, 1.165) is 5.92 Å². The molecule has 2 bridgehead atoms. The monoisotopic (exact) mass is 154 g/mol. The number of hydrogen-bond acceptors (Lipinski definition) is 2. The molecule has 64 valence electrons. The Kier molecular flexibility index (Phi) is 1.69. The summed E-state index contributed by atoms with van der Waals surface area (Å²) in [5.74, 6) is 0.880. The molecule has 0 amide bonds. The minimum atomic E-state index is 0.515. The minimum Gasteiger partial charge on any atom is -0.316 e. The van der Waals surface area contributed by atoms with E-state index in [1.165, 1.54) is 26.1 Å². The van der Waals surface area contributed by atoms with Gasteiger partial charge in [-0.3, -0.25) is 0 Å². The summed E-state index contributed by atoms with van der Waals surface area (Å²) in [6, 6.07) is 0.687. The lowest BCUT2D eigenvalue weighted by molar-refractivity contribution is 0.0856. The summed E-state index contributed by atoms with van der Waals surface area (Å²) in [4.78, 5) is 0. The third kappa shape index (κ3) is 1.18. The fourth-order valence-corrected chi connectivity index (χ4v) is 2.43. The Morgan fingerprint density at radius 1 is 1.36 bits per heavy atom. The van der Waals surface area contributed by atoms with Crippen LogP contribution in [0.1, 0.15) is 20.3 Å². The summed E-state index contributed by atoms with van der Waals surface area (Å²) in [6.07, 6.45) is 1.41. The highest BCUT2D eigenvalue weighted by molar-refractivity contribution is 4.97. The van der Waals surface area contributed by atoms with E-state index in [0.29, 0.717) is 11.5 Å². The molecule has 0 aliphatic carbocycles. The van der Waals surface area contributed by atoms with Crippen molar-refractivity contribution in [2.24, 2.45) is 11.3 Å². The van der Waals surface area contributed by atoms with Gasteiger partial charge in [-0.15, -0.1) is 0 Å². The largest absolute Gasteiger partial charge is 0.316 e. The van der Waals surface area contributed by atoms with Crippen LogP contribution in [0.25, 0.3) is 0 Å². The Labute approximate surface area is 68.7 Å². The lowest BCUT2D eigenvalue weighted by Gasteiger charge is -2.48. The van der Waals surface area contributed by atoms with E-state index in [2.05, 4.69) is 24.5 Å². The quantitative estimate of drug-likeness (QED) is 0.534. The van der Waals surface area contributed by atoms with Gasteiger partial charge in [-0.05, 0) is 37.8 Å². The van der Waals surface area contributed by atoms with Gasteiger partial charge in [0, 0.05) is 12.6 Å². The zero-order chi connectivity index (χ0) is 7.90. The average Bonchev–Trinajstić information content (AvgIpc) is 1.98. The molecule has 2 fully saturated rings. The molecule has 2 N–H and O–H groups in total. The lowest BCUT2D eigenvalue weighted by atomic mass is 9.70. The summed E-state index contributed by atoms with van der Waals surface area (Å²) in [7, 11) is 0. The first-order valence-electron chi connectivity index (χ1n) is 4.65. The molecule has 3 atom stereocenters. The summed E-state index contributed by atoms with van der Waals surface area (Å²) in [5, 5.41) is 7.10. The van der Waals surface area contributed by atoms with E-state index in [4.69, 9.17) is 0 Å². The van der Waals surface area contributed by atoms with Crippen LogP contribution in [-0.2, 0) is 0 Å². The molecule has 3 unspecified atom stereocenters. The molecule has 2 saturated heterocycles. The van der Waals surface area contributed by atoms with Crippen molar-refractivity contribution in [3.63, 3.8) is 0 Å². The molecular weight excluding hydrogens is 136 g/mol. The van der Waals surface area contributed by atoms with Crippen molar-refractivity contribution in [2.75, 3.05) is 19.6 Å². The van der Waals surface area contributed by atoms with Crippen molar-refractivity contribution in [1.29, 1.82) is 0 Å². The number of rotatable bonds is 0. The van der Waals surface area contributed by atoms with Crippen LogP contribution in [0.15, 0.2) is 0 Å². The van der Waals surface area contributed by atoms with Gasteiger partial charge in [0.15, 0.2) is 0 Å². The van der Waals surface area contributed by atoms with Crippen LogP contribution in [0.2, 0.25) is 0 Å². The number of piperidine rings is 2. The van der Waals surface area contributed by atoms with E-state index in [1.54, 1.807) is 0 Å². The number of hydrogen-bond donors (Lipinski definition) is 2. The topological polar surface area (TPSA) is 24.1 Å². The predicted molar refractivity (Wildman–Crippen MR) is 46.5 cm³/mol. The molecule has 2 heteroatoms. The van der Waals surface area contributed by atoms with Crippen molar-refractivity contribution in [3.05, 3.63) is 0 Å². The van der Waals surface area contributed by atoms with Gasteiger partial charge in [0.25, 0.3) is 0 Å². The average molecular weight is 154 g/mol. The van der Waals surface area contributed by atoms with Gasteiger partial charge in [-0.2, -0.15) is 0 Å². The summed E-state index contributed by atoms with van der Waals surface area (Å²) in [6.45, 7) is 8.32. The molecule has 2 rings (SSSR count). The highest BCUT2D eigenvalue weighted by Crippen LogP contribution is 2.35. The Morgan fingerprint density at radius 2 is 2.18 bits per heavy atom. The number of fused-ring (bicyclic) bond motifs is 2. The van der Waals surface area contributed by atoms with Crippen molar-refractivity contribution >= 4 is 0 Å². The molecule has 0 aromatic heterocycles. The Bertz CT molecular complexity index is 158. The van der Waals surface area contributed by atoms with Crippen LogP contribution in [0.3, 0.4) is 0 Å². The maximum absolute atomic E-state index is 3.58. The van der Waals surface area contributed by atoms with Crippen molar-refractivity contribution in [1.82, 2.24) is 10.6 Å². The molecule has 2 nitrogen and oxygen atoms in total. The smallest absolute Gasteiger partial charge is 0.0105 e. The van der Waals surface area contributed by atoms with Gasteiger partial charge < -0.3 is 10.6 Å². The summed E-state index contributed by atoms with van der Waals surface area (Å²) < 4.78 is 0. The van der Waals surface area contributed by atoms with Crippen LogP contribution >= 0.6 is 0 Å². The molecule has 2 aliphatic heterocycles. The van der Waals surface area contributed by atoms with Gasteiger partial charge >= 0.3 is 0 Å². The predicted octanol–water partition coefficient (Wildman–Crippen LogP) is 0.594. The lowest BCUT2D eigenvalue weighted by Crippen LogP contribution is -2.59.